The molecule has 208 valence electrons. The van der Waals surface area contributed by atoms with Crippen LogP contribution in [0.15, 0.2) is 115 Å². The van der Waals surface area contributed by atoms with Crippen molar-refractivity contribution in [3.63, 3.8) is 0 Å². The molecule has 1 atom stereocenters. The average molecular weight is 582 g/mol. The number of nitriles is 1. The highest BCUT2D eigenvalue weighted by Crippen LogP contribution is 2.43. The van der Waals surface area contributed by atoms with Crippen LogP contribution in [0.4, 0.5) is 13.2 Å². The number of alkyl halides is 3. The van der Waals surface area contributed by atoms with E-state index in [0.29, 0.717) is 22.3 Å². The summed E-state index contributed by atoms with van der Waals surface area (Å²) in [4.78, 5) is 0. The predicted octanol–water partition coefficient (Wildman–Crippen LogP) is 8.83. The van der Waals surface area contributed by atoms with E-state index < -0.39 is 21.7 Å². The number of rotatable bonds is 6. The Kier molecular flexibility index (Phi) is 6.93. The van der Waals surface area contributed by atoms with Gasteiger partial charge in [-0.15, -0.1) is 0 Å². The Hall–Kier alpha value is -4.71. The highest BCUT2D eigenvalue weighted by molar-refractivity contribution is 7.87. The summed E-state index contributed by atoms with van der Waals surface area (Å²) >= 11 is 0. The van der Waals surface area contributed by atoms with Gasteiger partial charge in [-0.3, -0.25) is 4.18 Å². The summed E-state index contributed by atoms with van der Waals surface area (Å²) in [6.07, 6.45) is -1.68. The molecule has 0 N–H and O–H groups in total. The molecule has 6 rings (SSSR count). The second kappa shape index (κ2) is 10.6. The van der Waals surface area contributed by atoms with Gasteiger partial charge < -0.3 is 0 Å². The van der Waals surface area contributed by atoms with Crippen LogP contribution in [-0.4, -0.2) is 13.9 Å². The molecule has 0 amide bonds. The quantitative estimate of drug-likeness (QED) is 0.112. The predicted molar refractivity (Wildman–Crippen MR) is 158 cm³/mol. The minimum absolute atomic E-state index is 0.177. The SMILES string of the molecule is N#Cc1ccc(CC(OS(=O)(=O)C(F)(F)F)c2ccccc2-c2c3ccccc3cc3cc4ccccc4cc23)cc1. The Balaban J connectivity index is 1.61. The largest absolute Gasteiger partial charge is 0.523 e. The van der Waals surface area contributed by atoms with Crippen molar-refractivity contribution in [1.29, 1.82) is 5.26 Å². The molecule has 0 bridgehead atoms. The van der Waals surface area contributed by atoms with Gasteiger partial charge in [-0.25, -0.2) is 0 Å². The second-order valence-electron chi connectivity index (χ2n) is 9.98. The number of benzene rings is 6. The number of hydrogen-bond donors (Lipinski definition) is 0. The van der Waals surface area contributed by atoms with Crippen LogP contribution in [-0.2, 0) is 20.7 Å². The van der Waals surface area contributed by atoms with E-state index in [0.717, 1.165) is 37.9 Å². The van der Waals surface area contributed by atoms with Crippen LogP contribution < -0.4 is 0 Å². The van der Waals surface area contributed by atoms with Gasteiger partial charge in [0.1, 0.15) is 6.10 Å². The Morgan fingerprint density at radius 2 is 1.31 bits per heavy atom. The maximum atomic E-state index is 13.6. The highest BCUT2D eigenvalue weighted by Gasteiger charge is 2.49. The van der Waals surface area contributed by atoms with E-state index in [9.17, 15) is 21.6 Å². The van der Waals surface area contributed by atoms with Gasteiger partial charge >= 0.3 is 15.6 Å². The van der Waals surface area contributed by atoms with E-state index in [2.05, 4.69) is 12.1 Å². The van der Waals surface area contributed by atoms with Crippen molar-refractivity contribution in [2.75, 3.05) is 0 Å². The molecule has 4 nitrogen and oxygen atoms in total. The molecule has 6 aromatic rings. The fourth-order valence-electron chi connectivity index (χ4n) is 5.39. The Labute approximate surface area is 240 Å². The third-order valence-corrected chi connectivity index (χ3v) is 8.39. The lowest BCUT2D eigenvalue weighted by atomic mass is 9.86. The third-order valence-electron chi connectivity index (χ3n) is 7.34. The van der Waals surface area contributed by atoms with Gasteiger partial charge in [0.05, 0.1) is 11.6 Å². The minimum atomic E-state index is -5.94. The summed E-state index contributed by atoms with van der Waals surface area (Å²) in [6, 6.07) is 36.8. The Morgan fingerprint density at radius 1 is 0.714 bits per heavy atom. The van der Waals surface area contributed by atoms with Crippen molar-refractivity contribution in [3.8, 4) is 17.2 Å². The van der Waals surface area contributed by atoms with Gasteiger partial charge in [-0.2, -0.15) is 26.9 Å². The fourth-order valence-corrected chi connectivity index (χ4v) is 5.97. The van der Waals surface area contributed by atoms with Crippen LogP contribution in [0.3, 0.4) is 0 Å². The van der Waals surface area contributed by atoms with Crippen molar-refractivity contribution in [1.82, 2.24) is 0 Å². The minimum Gasteiger partial charge on any atom is -0.255 e. The fraction of sp³-hybridized carbons (Fsp3) is 0.0882. The zero-order valence-corrected chi connectivity index (χ0v) is 22.8. The Morgan fingerprint density at radius 3 is 2.00 bits per heavy atom. The van der Waals surface area contributed by atoms with Crippen LogP contribution in [0, 0.1) is 11.3 Å². The molecule has 0 aliphatic heterocycles. The van der Waals surface area contributed by atoms with Crippen LogP contribution in [0.1, 0.15) is 22.8 Å². The first-order valence-corrected chi connectivity index (χ1v) is 14.5. The molecular formula is C34H22F3NO3S. The molecule has 0 aliphatic rings. The molecular weight excluding hydrogens is 559 g/mol. The van der Waals surface area contributed by atoms with Crippen molar-refractivity contribution < 1.29 is 25.8 Å². The molecule has 0 spiro atoms. The smallest absolute Gasteiger partial charge is 0.255 e. The summed E-state index contributed by atoms with van der Waals surface area (Å²) in [5.74, 6) is 0. The zero-order valence-electron chi connectivity index (χ0n) is 22.0. The molecule has 6 aromatic carbocycles. The van der Waals surface area contributed by atoms with E-state index in [1.807, 2.05) is 60.7 Å². The van der Waals surface area contributed by atoms with Gasteiger partial charge in [-0.1, -0.05) is 84.9 Å². The average Bonchev–Trinajstić information content (AvgIpc) is 2.98. The first kappa shape index (κ1) is 27.5. The van der Waals surface area contributed by atoms with Gasteiger partial charge in [-0.05, 0) is 84.9 Å². The maximum Gasteiger partial charge on any atom is 0.523 e. The molecule has 0 saturated carbocycles. The molecule has 8 heteroatoms. The maximum absolute atomic E-state index is 13.6. The van der Waals surface area contributed by atoms with Gasteiger partial charge in [0.15, 0.2) is 0 Å². The second-order valence-corrected chi connectivity index (χ2v) is 11.5. The number of halogens is 3. The summed E-state index contributed by atoms with van der Waals surface area (Å²) in [7, 11) is -5.94. The van der Waals surface area contributed by atoms with Crippen LogP contribution >= 0.6 is 0 Å². The molecule has 0 aliphatic carbocycles. The number of hydrogen-bond acceptors (Lipinski definition) is 4. The summed E-state index contributed by atoms with van der Waals surface area (Å²) in [5.41, 5.74) is -3.10. The molecule has 42 heavy (non-hydrogen) atoms. The van der Waals surface area contributed by atoms with E-state index >= 15 is 0 Å². The molecule has 0 saturated heterocycles. The number of fused-ring (bicyclic) bond motifs is 3. The molecule has 0 aromatic heterocycles. The van der Waals surface area contributed by atoms with Gasteiger partial charge in [0, 0.05) is 6.42 Å². The van der Waals surface area contributed by atoms with Gasteiger partial charge in [0.25, 0.3) is 0 Å². The standard InChI is InChI=1S/C34H22F3NO3S/c35-34(36,37)42(39,40)41-32(17-22-13-15-23(21-38)16-14-22)29-11-5-6-12-30(29)33-28-10-4-3-9-26(28)19-27-18-24-7-1-2-8-25(24)20-31(27)33/h1-16,18-20,32H,17H2. The van der Waals surface area contributed by atoms with E-state index in [-0.39, 0.29) is 6.42 Å². The summed E-state index contributed by atoms with van der Waals surface area (Å²) in [5, 5.41) is 14.8. The summed E-state index contributed by atoms with van der Waals surface area (Å²) in [6.45, 7) is 0. The first-order chi connectivity index (χ1) is 20.1. The molecule has 0 fully saturated rings. The number of nitrogens with zero attached hydrogens (tertiary/aromatic N) is 1. The highest BCUT2D eigenvalue weighted by atomic mass is 32.2. The van der Waals surface area contributed by atoms with Crippen LogP contribution in [0.25, 0.3) is 43.4 Å². The van der Waals surface area contributed by atoms with Crippen molar-refractivity contribution >= 4 is 42.4 Å². The van der Waals surface area contributed by atoms with Gasteiger partial charge in [0.2, 0.25) is 0 Å². The normalized spacial score (nSPS) is 12.9. The molecule has 1 unspecified atom stereocenters. The third kappa shape index (κ3) is 5.09. The Bertz CT molecular complexity index is 2110. The van der Waals surface area contributed by atoms with Crippen LogP contribution in [0.5, 0.6) is 0 Å². The van der Waals surface area contributed by atoms with Crippen LogP contribution in [0.2, 0.25) is 0 Å². The lowest BCUT2D eigenvalue weighted by Crippen LogP contribution is -2.28. The van der Waals surface area contributed by atoms with Crippen molar-refractivity contribution in [2.24, 2.45) is 0 Å². The lowest BCUT2D eigenvalue weighted by molar-refractivity contribution is -0.0574. The first-order valence-electron chi connectivity index (χ1n) is 13.1. The molecule has 0 radical (unpaired) electrons. The van der Waals surface area contributed by atoms with Crippen molar-refractivity contribution in [3.05, 3.63) is 132 Å². The zero-order chi connectivity index (χ0) is 29.5. The van der Waals surface area contributed by atoms with Crippen molar-refractivity contribution in [2.45, 2.75) is 18.0 Å². The van der Waals surface area contributed by atoms with E-state index in [1.165, 1.54) is 12.1 Å². The monoisotopic (exact) mass is 581 g/mol. The topological polar surface area (TPSA) is 67.2 Å². The van der Waals surface area contributed by atoms with E-state index in [1.54, 1.807) is 36.4 Å². The lowest BCUT2D eigenvalue weighted by Gasteiger charge is -2.23. The summed E-state index contributed by atoms with van der Waals surface area (Å²) < 4.78 is 70.5. The molecule has 0 heterocycles. The van der Waals surface area contributed by atoms with E-state index in [4.69, 9.17) is 9.44 Å².